The Morgan fingerprint density at radius 3 is 2.80 bits per heavy atom. The molecular weight excluding hydrogens is 447 g/mol. The van der Waals surface area contributed by atoms with Crippen molar-refractivity contribution in [1.82, 2.24) is 15.5 Å². The summed E-state index contributed by atoms with van der Waals surface area (Å²) in [5.74, 6) is 2.99. The van der Waals surface area contributed by atoms with Gasteiger partial charge in [-0.25, -0.2) is 0 Å². The maximum Gasteiger partial charge on any atom is 0.224 e. The van der Waals surface area contributed by atoms with Gasteiger partial charge >= 0.3 is 0 Å². The van der Waals surface area contributed by atoms with Crippen molar-refractivity contribution >= 4 is 47.6 Å². The maximum atomic E-state index is 12.3. The highest BCUT2D eigenvalue weighted by atomic mass is 127. The Morgan fingerprint density at radius 2 is 2.16 bits per heavy atom. The van der Waals surface area contributed by atoms with E-state index in [4.69, 9.17) is 4.99 Å². The molecule has 2 saturated heterocycles. The monoisotopic (exact) mass is 482 g/mol. The van der Waals surface area contributed by atoms with E-state index in [1.807, 2.05) is 16.7 Å². The number of nitrogens with zero attached hydrogens (tertiary/aromatic N) is 2. The van der Waals surface area contributed by atoms with Crippen LogP contribution in [-0.4, -0.2) is 60.0 Å². The van der Waals surface area contributed by atoms with E-state index in [0.29, 0.717) is 18.9 Å². The van der Waals surface area contributed by atoms with Gasteiger partial charge in [0.2, 0.25) is 5.91 Å². The van der Waals surface area contributed by atoms with E-state index in [-0.39, 0.29) is 34.6 Å². The first-order valence-corrected chi connectivity index (χ1v) is 10.4. The van der Waals surface area contributed by atoms with Gasteiger partial charge in [-0.15, -0.1) is 24.0 Å². The molecular formula is C18H35IN4OS. The number of carbonyl (C=O) groups excluding carboxylic acids is 1. The van der Waals surface area contributed by atoms with E-state index in [9.17, 15) is 4.79 Å². The summed E-state index contributed by atoms with van der Waals surface area (Å²) in [6, 6.07) is 0. The minimum atomic E-state index is 0. The summed E-state index contributed by atoms with van der Waals surface area (Å²) in [5, 5.41) is 6.61. The molecule has 7 heteroatoms. The number of thioether (sulfide) groups is 1. The third-order valence-corrected chi connectivity index (χ3v) is 6.38. The normalized spacial score (nSPS) is 26.9. The molecule has 1 amide bonds. The minimum Gasteiger partial charge on any atom is -0.357 e. The Kier molecular flexibility index (Phi) is 10.5. The maximum absolute atomic E-state index is 12.3. The van der Waals surface area contributed by atoms with Crippen LogP contribution in [0.15, 0.2) is 4.99 Å². The largest absolute Gasteiger partial charge is 0.357 e. The zero-order valence-corrected chi connectivity index (χ0v) is 19.1. The second-order valence-corrected chi connectivity index (χ2v) is 9.04. The lowest BCUT2D eigenvalue weighted by Gasteiger charge is -2.31. The second-order valence-electron chi connectivity index (χ2n) is 7.36. The summed E-state index contributed by atoms with van der Waals surface area (Å²) in [7, 11) is 0. The number of nitrogens with one attached hydrogen (secondary N) is 2. The van der Waals surface area contributed by atoms with Crippen molar-refractivity contribution in [3.63, 3.8) is 0 Å². The summed E-state index contributed by atoms with van der Waals surface area (Å²) in [5.41, 5.74) is 0. The van der Waals surface area contributed by atoms with Crippen molar-refractivity contribution in [2.45, 2.75) is 57.6 Å². The predicted molar refractivity (Wildman–Crippen MR) is 119 cm³/mol. The number of carbonyl (C=O) groups is 1. The summed E-state index contributed by atoms with van der Waals surface area (Å²) in [6.07, 6.45) is 5.47. The van der Waals surface area contributed by atoms with E-state index in [2.05, 4.69) is 31.4 Å². The highest BCUT2D eigenvalue weighted by molar-refractivity contribution is 14.0. The Hall–Kier alpha value is -0.180. The van der Waals surface area contributed by atoms with Crippen LogP contribution in [0.4, 0.5) is 0 Å². The van der Waals surface area contributed by atoms with Gasteiger partial charge in [-0.3, -0.25) is 9.79 Å². The van der Waals surface area contributed by atoms with Crippen LogP contribution < -0.4 is 10.6 Å². The zero-order valence-electron chi connectivity index (χ0n) is 16.0. The fourth-order valence-corrected chi connectivity index (χ4v) is 4.64. The van der Waals surface area contributed by atoms with Gasteiger partial charge in [0, 0.05) is 37.3 Å². The van der Waals surface area contributed by atoms with Crippen LogP contribution in [0.1, 0.15) is 52.9 Å². The number of piperidine rings is 1. The molecule has 2 N–H and O–H groups in total. The Balaban J connectivity index is 0.00000312. The average molecular weight is 482 g/mol. The molecule has 0 saturated carbocycles. The summed E-state index contributed by atoms with van der Waals surface area (Å²) >= 11 is 2.03. The lowest BCUT2D eigenvalue weighted by Crippen LogP contribution is -2.43. The van der Waals surface area contributed by atoms with Crippen LogP contribution in [0.2, 0.25) is 0 Å². The van der Waals surface area contributed by atoms with Crippen LogP contribution in [0.25, 0.3) is 0 Å². The van der Waals surface area contributed by atoms with Crippen molar-refractivity contribution < 1.29 is 4.79 Å². The SMILES string of the molecule is CCNC(=NCC1(C)CCCS1)NCCC(=O)N1CCCC(C)C1.I. The van der Waals surface area contributed by atoms with Crippen molar-refractivity contribution in [1.29, 1.82) is 0 Å². The molecule has 2 fully saturated rings. The molecule has 0 radical (unpaired) electrons. The number of guanidine groups is 1. The van der Waals surface area contributed by atoms with Crippen molar-refractivity contribution in [3.05, 3.63) is 0 Å². The second kappa shape index (κ2) is 11.5. The molecule has 0 aromatic heterocycles. The van der Waals surface area contributed by atoms with Crippen LogP contribution in [0, 0.1) is 5.92 Å². The standard InChI is InChI=1S/C18H34N4OS.HI/c1-4-19-17(21-14-18(3)9-6-12-24-18)20-10-8-16(23)22-11-5-7-15(2)13-22;/h15H,4-14H2,1-3H3,(H2,19,20,21);1H. The molecule has 2 rings (SSSR count). The van der Waals surface area contributed by atoms with Crippen LogP contribution in [-0.2, 0) is 4.79 Å². The molecule has 0 spiro atoms. The lowest BCUT2D eigenvalue weighted by molar-refractivity contribution is -0.132. The molecule has 0 aromatic rings. The van der Waals surface area contributed by atoms with Crippen molar-refractivity contribution in [3.8, 4) is 0 Å². The number of hydrogen-bond donors (Lipinski definition) is 2. The third-order valence-electron chi connectivity index (χ3n) is 4.86. The lowest BCUT2D eigenvalue weighted by atomic mass is 10.00. The highest BCUT2D eigenvalue weighted by Gasteiger charge is 2.29. The van der Waals surface area contributed by atoms with Crippen LogP contribution >= 0.6 is 35.7 Å². The highest BCUT2D eigenvalue weighted by Crippen LogP contribution is 2.37. The first-order chi connectivity index (χ1) is 11.5. The van der Waals surface area contributed by atoms with Gasteiger partial charge in [-0.05, 0) is 51.2 Å². The molecule has 146 valence electrons. The van der Waals surface area contributed by atoms with E-state index in [1.54, 1.807) is 0 Å². The molecule has 5 nitrogen and oxygen atoms in total. The minimum absolute atomic E-state index is 0. The smallest absolute Gasteiger partial charge is 0.224 e. The molecule has 2 atom stereocenters. The molecule has 0 aliphatic carbocycles. The molecule has 0 aromatic carbocycles. The van der Waals surface area contributed by atoms with Gasteiger partial charge in [0.05, 0.1) is 6.54 Å². The van der Waals surface area contributed by atoms with Gasteiger partial charge < -0.3 is 15.5 Å². The van der Waals surface area contributed by atoms with E-state index >= 15 is 0 Å². The number of likely N-dealkylation sites (tertiary alicyclic amines) is 1. The molecule has 0 bridgehead atoms. The number of amides is 1. The zero-order chi connectivity index (χ0) is 17.4. The summed E-state index contributed by atoms with van der Waals surface area (Å²) in [4.78, 5) is 19.1. The molecule has 25 heavy (non-hydrogen) atoms. The molecule has 2 heterocycles. The quantitative estimate of drug-likeness (QED) is 0.347. The van der Waals surface area contributed by atoms with Gasteiger partial charge in [0.1, 0.15) is 0 Å². The average Bonchev–Trinajstić information content (AvgIpc) is 2.99. The van der Waals surface area contributed by atoms with Crippen LogP contribution in [0.3, 0.4) is 0 Å². The fraction of sp³-hybridized carbons (Fsp3) is 0.889. The number of aliphatic imine (C=N–C) groups is 1. The van der Waals surface area contributed by atoms with E-state index in [1.165, 1.54) is 25.0 Å². The van der Waals surface area contributed by atoms with E-state index in [0.717, 1.165) is 38.6 Å². The first kappa shape index (κ1) is 22.9. The summed E-state index contributed by atoms with van der Waals surface area (Å²) in [6.45, 7) is 10.8. The van der Waals surface area contributed by atoms with Gasteiger partial charge in [0.15, 0.2) is 5.96 Å². The molecule has 2 aliphatic rings. The topological polar surface area (TPSA) is 56.7 Å². The molecule has 2 aliphatic heterocycles. The Bertz CT molecular complexity index is 441. The number of rotatable bonds is 6. The first-order valence-electron chi connectivity index (χ1n) is 9.46. The molecule has 2 unspecified atom stereocenters. The van der Waals surface area contributed by atoms with Gasteiger partial charge in [0.25, 0.3) is 0 Å². The number of hydrogen-bond acceptors (Lipinski definition) is 3. The third kappa shape index (κ3) is 7.93. The number of halogens is 1. The fourth-order valence-electron chi connectivity index (χ4n) is 3.41. The van der Waals surface area contributed by atoms with E-state index < -0.39 is 0 Å². The van der Waals surface area contributed by atoms with Gasteiger partial charge in [-0.2, -0.15) is 11.8 Å². The predicted octanol–water partition coefficient (Wildman–Crippen LogP) is 3.09. The summed E-state index contributed by atoms with van der Waals surface area (Å²) < 4.78 is 0.280. The van der Waals surface area contributed by atoms with Crippen molar-refractivity contribution in [2.24, 2.45) is 10.9 Å². The Labute approximate surface area is 174 Å². The Morgan fingerprint density at radius 1 is 1.36 bits per heavy atom. The van der Waals surface area contributed by atoms with Crippen molar-refractivity contribution in [2.75, 3.05) is 38.5 Å². The van der Waals surface area contributed by atoms with Crippen LogP contribution in [0.5, 0.6) is 0 Å². The van der Waals surface area contributed by atoms with Gasteiger partial charge in [-0.1, -0.05) is 6.92 Å².